The molecule has 2 unspecified atom stereocenters. The molecule has 2 aromatic rings. The van der Waals surface area contributed by atoms with Crippen molar-refractivity contribution >= 4 is 40.0 Å². The van der Waals surface area contributed by atoms with E-state index in [9.17, 15) is 9.90 Å². The van der Waals surface area contributed by atoms with Crippen LogP contribution in [0.1, 0.15) is 36.7 Å². The first-order valence-electron chi connectivity index (χ1n) is 7.33. The molecule has 0 bridgehead atoms. The first kappa shape index (κ1) is 15.7. The maximum absolute atomic E-state index is 12.5. The van der Waals surface area contributed by atoms with Crippen molar-refractivity contribution in [3.8, 4) is 0 Å². The van der Waals surface area contributed by atoms with Crippen LogP contribution < -0.4 is 5.32 Å². The molecule has 1 aromatic carbocycles. The number of aliphatic hydroxyl groups is 1. The van der Waals surface area contributed by atoms with Crippen molar-refractivity contribution in [3.63, 3.8) is 0 Å². The third-order valence-electron chi connectivity index (χ3n) is 4.67. The Morgan fingerprint density at radius 1 is 1.50 bits per heavy atom. The molecule has 1 aromatic heterocycles. The second-order valence-corrected chi connectivity index (χ2v) is 7.05. The molecule has 1 fully saturated rings. The number of rotatable bonds is 3. The van der Waals surface area contributed by atoms with E-state index in [1.807, 2.05) is 6.92 Å². The van der Waals surface area contributed by atoms with Gasteiger partial charge in [0.25, 0.3) is 5.91 Å². The van der Waals surface area contributed by atoms with Crippen LogP contribution in [-0.4, -0.2) is 28.6 Å². The first-order chi connectivity index (χ1) is 10.4. The summed E-state index contributed by atoms with van der Waals surface area (Å²) >= 11 is 12.3. The minimum atomic E-state index is -0.266. The summed E-state index contributed by atoms with van der Waals surface area (Å²) < 4.78 is 0. The average molecular weight is 341 g/mol. The minimum absolute atomic E-state index is 0.0453. The lowest BCUT2D eigenvalue weighted by molar-refractivity contribution is 0.0827. The number of H-pyrrole nitrogens is 1. The number of benzene rings is 1. The monoisotopic (exact) mass is 340 g/mol. The van der Waals surface area contributed by atoms with Gasteiger partial charge in [0.05, 0.1) is 11.6 Å². The Morgan fingerprint density at radius 2 is 2.27 bits per heavy atom. The largest absolute Gasteiger partial charge is 0.396 e. The zero-order chi connectivity index (χ0) is 15.9. The summed E-state index contributed by atoms with van der Waals surface area (Å²) in [6.45, 7) is 2.06. The molecule has 3 rings (SSSR count). The van der Waals surface area contributed by atoms with E-state index in [-0.39, 0.29) is 24.0 Å². The number of aromatic nitrogens is 1. The van der Waals surface area contributed by atoms with Crippen molar-refractivity contribution < 1.29 is 9.90 Å². The molecular weight excluding hydrogens is 323 g/mol. The third kappa shape index (κ3) is 2.60. The summed E-state index contributed by atoms with van der Waals surface area (Å²) in [4.78, 5) is 15.6. The van der Waals surface area contributed by atoms with Crippen molar-refractivity contribution in [3.05, 3.63) is 33.9 Å². The van der Waals surface area contributed by atoms with Crippen molar-refractivity contribution in [1.29, 1.82) is 0 Å². The molecule has 0 aliphatic heterocycles. The molecule has 118 valence electrons. The zero-order valence-corrected chi connectivity index (χ0v) is 13.8. The van der Waals surface area contributed by atoms with Gasteiger partial charge in [-0.3, -0.25) is 4.79 Å². The number of amides is 1. The highest BCUT2D eigenvalue weighted by atomic mass is 35.5. The lowest BCUT2D eigenvalue weighted by Gasteiger charge is -2.29. The van der Waals surface area contributed by atoms with Gasteiger partial charge in [0.15, 0.2) is 0 Å². The van der Waals surface area contributed by atoms with E-state index in [2.05, 4.69) is 10.3 Å². The SMILES string of the molecule is CC1(CO)CCCC1NC(=O)c1[nH]c2ccc(Cl)cc2c1Cl. The summed E-state index contributed by atoms with van der Waals surface area (Å²) in [7, 11) is 0. The molecule has 1 amide bonds. The number of hydrogen-bond donors (Lipinski definition) is 3. The average Bonchev–Trinajstić information content (AvgIpc) is 3.01. The van der Waals surface area contributed by atoms with Gasteiger partial charge in [-0.25, -0.2) is 0 Å². The fraction of sp³-hybridized carbons (Fsp3) is 0.438. The third-order valence-corrected chi connectivity index (χ3v) is 5.30. The van der Waals surface area contributed by atoms with Gasteiger partial charge < -0.3 is 15.4 Å². The highest BCUT2D eigenvalue weighted by Crippen LogP contribution is 2.38. The fourth-order valence-corrected chi connectivity index (χ4v) is 3.65. The minimum Gasteiger partial charge on any atom is -0.396 e. The summed E-state index contributed by atoms with van der Waals surface area (Å²) in [5, 5.41) is 14.3. The van der Waals surface area contributed by atoms with Crippen LogP contribution in [0.5, 0.6) is 0 Å². The molecule has 0 spiro atoms. The van der Waals surface area contributed by atoms with Gasteiger partial charge in [0, 0.05) is 27.4 Å². The second kappa shape index (κ2) is 5.76. The maximum Gasteiger partial charge on any atom is 0.269 e. The van der Waals surface area contributed by atoms with Crippen molar-refractivity contribution in [2.24, 2.45) is 5.41 Å². The molecule has 22 heavy (non-hydrogen) atoms. The summed E-state index contributed by atoms with van der Waals surface area (Å²) in [5.74, 6) is -0.246. The van der Waals surface area contributed by atoms with Gasteiger partial charge in [0.2, 0.25) is 0 Å². The molecule has 1 heterocycles. The van der Waals surface area contributed by atoms with Crippen molar-refractivity contribution in [2.75, 3.05) is 6.61 Å². The molecule has 2 atom stereocenters. The van der Waals surface area contributed by atoms with E-state index in [0.717, 1.165) is 30.2 Å². The number of aromatic amines is 1. The Balaban J connectivity index is 1.88. The smallest absolute Gasteiger partial charge is 0.269 e. The quantitative estimate of drug-likeness (QED) is 0.796. The molecule has 0 radical (unpaired) electrons. The van der Waals surface area contributed by atoms with Crippen LogP contribution in [0.2, 0.25) is 10.0 Å². The summed E-state index contributed by atoms with van der Waals surface area (Å²) in [6, 6.07) is 5.24. The summed E-state index contributed by atoms with van der Waals surface area (Å²) in [6.07, 6.45) is 2.77. The van der Waals surface area contributed by atoms with E-state index in [0.29, 0.717) is 15.7 Å². The van der Waals surface area contributed by atoms with Crippen LogP contribution >= 0.6 is 23.2 Å². The van der Waals surface area contributed by atoms with Gasteiger partial charge in [-0.2, -0.15) is 0 Å². The first-order valence-corrected chi connectivity index (χ1v) is 8.08. The number of halogens is 2. The predicted molar refractivity (Wildman–Crippen MR) is 88.6 cm³/mol. The van der Waals surface area contributed by atoms with Crippen LogP contribution in [0, 0.1) is 5.41 Å². The zero-order valence-electron chi connectivity index (χ0n) is 12.2. The number of fused-ring (bicyclic) bond motifs is 1. The van der Waals surface area contributed by atoms with Gasteiger partial charge in [-0.05, 0) is 31.0 Å². The van der Waals surface area contributed by atoms with Crippen LogP contribution in [-0.2, 0) is 0 Å². The predicted octanol–water partition coefficient (Wildman–Crippen LogP) is 3.76. The van der Waals surface area contributed by atoms with Crippen molar-refractivity contribution in [2.45, 2.75) is 32.2 Å². The van der Waals surface area contributed by atoms with E-state index in [1.165, 1.54) is 0 Å². The lowest BCUT2D eigenvalue weighted by atomic mass is 9.86. The molecular formula is C16H18Cl2N2O2. The number of aliphatic hydroxyl groups excluding tert-OH is 1. The topological polar surface area (TPSA) is 65.1 Å². The normalized spacial score (nSPS) is 24.8. The Morgan fingerprint density at radius 3 is 3.00 bits per heavy atom. The van der Waals surface area contributed by atoms with E-state index < -0.39 is 0 Å². The van der Waals surface area contributed by atoms with Gasteiger partial charge in [-0.1, -0.05) is 36.5 Å². The fourth-order valence-electron chi connectivity index (χ4n) is 3.19. The maximum atomic E-state index is 12.5. The van der Waals surface area contributed by atoms with Crippen molar-refractivity contribution in [1.82, 2.24) is 10.3 Å². The number of nitrogens with one attached hydrogen (secondary N) is 2. The number of hydrogen-bond acceptors (Lipinski definition) is 2. The van der Waals surface area contributed by atoms with Crippen LogP contribution in [0.15, 0.2) is 18.2 Å². The Bertz CT molecular complexity index is 728. The molecule has 6 heteroatoms. The Hall–Kier alpha value is -1.23. The molecule has 1 aliphatic rings. The standard InChI is InChI=1S/C16H18Cl2N2O2/c1-16(8-21)6-2-3-12(16)20-15(22)14-13(18)10-7-9(17)4-5-11(10)19-14/h4-5,7,12,19,21H,2-3,6,8H2,1H3,(H,20,22). The molecule has 1 aliphatic carbocycles. The highest BCUT2D eigenvalue weighted by molar-refractivity contribution is 6.39. The molecule has 0 saturated heterocycles. The number of carbonyl (C=O) groups excluding carboxylic acids is 1. The number of carbonyl (C=O) groups is 1. The van der Waals surface area contributed by atoms with E-state index in [1.54, 1.807) is 18.2 Å². The van der Waals surface area contributed by atoms with Gasteiger partial charge in [-0.15, -0.1) is 0 Å². The highest BCUT2D eigenvalue weighted by Gasteiger charge is 2.39. The molecule has 4 nitrogen and oxygen atoms in total. The van der Waals surface area contributed by atoms with E-state index in [4.69, 9.17) is 23.2 Å². The van der Waals surface area contributed by atoms with Crippen LogP contribution in [0.3, 0.4) is 0 Å². The summed E-state index contributed by atoms with van der Waals surface area (Å²) in [5.41, 5.74) is 0.847. The van der Waals surface area contributed by atoms with E-state index >= 15 is 0 Å². The van der Waals surface area contributed by atoms with Gasteiger partial charge in [0.1, 0.15) is 5.69 Å². The van der Waals surface area contributed by atoms with Crippen LogP contribution in [0.25, 0.3) is 10.9 Å². The second-order valence-electron chi connectivity index (χ2n) is 6.23. The van der Waals surface area contributed by atoms with Crippen LogP contribution in [0.4, 0.5) is 0 Å². The van der Waals surface area contributed by atoms with Gasteiger partial charge >= 0.3 is 0 Å². The molecule has 3 N–H and O–H groups in total. The Kier molecular flexibility index (Phi) is 4.10. The Labute approximate surface area is 138 Å². The lowest BCUT2D eigenvalue weighted by Crippen LogP contribution is -2.44. The molecule has 1 saturated carbocycles.